The Bertz CT molecular complexity index is 336. The molecule has 0 saturated carbocycles. The molecule has 2 unspecified atom stereocenters. The number of rotatable bonds is 5. The molecular weight excluding hydrogens is 198 g/mol. The molecule has 2 heteroatoms. The van der Waals surface area contributed by atoms with Gasteiger partial charge in [-0.2, -0.15) is 0 Å². The van der Waals surface area contributed by atoms with E-state index in [1.165, 1.54) is 5.56 Å². The van der Waals surface area contributed by atoms with Gasteiger partial charge in [0.05, 0.1) is 6.61 Å². The van der Waals surface area contributed by atoms with Crippen LogP contribution in [0.4, 0.5) is 0 Å². The van der Waals surface area contributed by atoms with Crippen molar-refractivity contribution in [1.29, 1.82) is 0 Å². The number of hydrogen-bond donors (Lipinski definition) is 1. The molecule has 0 fully saturated rings. The van der Waals surface area contributed by atoms with Crippen LogP contribution in [0.3, 0.4) is 0 Å². The zero-order valence-corrected chi connectivity index (χ0v) is 10.8. The zero-order valence-electron chi connectivity index (χ0n) is 10.8. The van der Waals surface area contributed by atoms with Gasteiger partial charge >= 0.3 is 0 Å². The van der Waals surface area contributed by atoms with Crippen molar-refractivity contribution >= 4 is 0 Å². The van der Waals surface area contributed by atoms with E-state index < -0.39 is 0 Å². The van der Waals surface area contributed by atoms with E-state index in [9.17, 15) is 0 Å². The van der Waals surface area contributed by atoms with Gasteiger partial charge in [0.2, 0.25) is 0 Å². The summed E-state index contributed by atoms with van der Waals surface area (Å²) in [6.07, 6.45) is 1.08. The largest absolute Gasteiger partial charge is 0.494 e. The molecule has 1 aromatic rings. The van der Waals surface area contributed by atoms with Crippen LogP contribution in [0, 0.1) is 12.8 Å². The van der Waals surface area contributed by atoms with Crippen LogP contribution in [0.25, 0.3) is 0 Å². The van der Waals surface area contributed by atoms with Crippen LogP contribution in [0.15, 0.2) is 18.2 Å². The van der Waals surface area contributed by atoms with Crippen molar-refractivity contribution in [2.75, 3.05) is 6.61 Å². The second-order valence-electron chi connectivity index (χ2n) is 4.39. The van der Waals surface area contributed by atoms with E-state index in [1.54, 1.807) is 0 Å². The summed E-state index contributed by atoms with van der Waals surface area (Å²) in [6.45, 7) is 9.12. The molecule has 0 aliphatic rings. The van der Waals surface area contributed by atoms with E-state index >= 15 is 0 Å². The second kappa shape index (κ2) is 5.90. The molecule has 1 rings (SSSR count). The van der Waals surface area contributed by atoms with Gasteiger partial charge in [0.15, 0.2) is 0 Å². The average molecular weight is 221 g/mol. The van der Waals surface area contributed by atoms with Crippen LogP contribution in [0.5, 0.6) is 5.75 Å². The second-order valence-corrected chi connectivity index (χ2v) is 4.39. The van der Waals surface area contributed by atoms with Crippen LogP contribution in [0.1, 0.15) is 44.4 Å². The Morgan fingerprint density at radius 3 is 2.56 bits per heavy atom. The molecule has 0 aliphatic carbocycles. The molecule has 2 nitrogen and oxygen atoms in total. The molecule has 0 bridgehead atoms. The quantitative estimate of drug-likeness (QED) is 0.826. The van der Waals surface area contributed by atoms with Crippen molar-refractivity contribution in [2.45, 2.75) is 40.2 Å². The van der Waals surface area contributed by atoms with Crippen molar-refractivity contribution in [3.63, 3.8) is 0 Å². The standard InChI is InChI=1S/C14H23NO/c1-5-11(4)14(15)12-9-10(3)7-8-13(12)16-6-2/h7-9,11,14H,5-6,15H2,1-4H3. The number of aryl methyl sites for hydroxylation is 1. The summed E-state index contributed by atoms with van der Waals surface area (Å²) < 4.78 is 5.63. The van der Waals surface area contributed by atoms with Gasteiger partial charge in [-0.15, -0.1) is 0 Å². The molecule has 0 spiro atoms. The molecule has 16 heavy (non-hydrogen) atoms. The van der Waals surface area contributed by atoms with Gasteiger partial charge in [-0.25, -0.2) is 0 Å². The van der Waals surface area contributed by atoms with Crippen molar-refractivity contribution in [3.05, 3.63) is 29.3 Å². The van der Waals surface area contributed by atoms with E-state index in [2.05, 4.69) is 32.9 Å². The van der Waals surface area contributed by atoms with E-state index in [0.29, 0.717) is 12.5 Å². The van der Waals surface area contributed by atoms with Gasteiger partial charge in [-0.1, -0.05) is 38.0 Å². The Labute approximate surface area is 98.8 Å². The predicted molar refractivity (Wildman–Crippen MR) is 68.7 cm³/mol. The van der Waals surface area contributed by atoms with Crippen molar-refractivity contribution in [3.8, 4) is 5.75 Å². The lowest BCUT2D eigenvalue weighted by atomic mass is 9.92. The SMILES string of the molecule is CCOc1ccc(C)cc1C(N)C(C)CC. The highest BCUT2D eigenvalue weighted by Gasteiger charge is 2.17. The third-order valence-electron chi connectivity index (χ3n) is 3.08. The first-order chi connectivity index (χ1) is 7.60. The van der Waals surface area contributed by atoms with Crippen LogP contribution in [0.2, 0.25) is 0 Å². The minimum absolute atomic E-state index is 0.0615. The first-order valence-corrected chi connectivity index (χ1v) is 6.09. The summed E-state index contributed by atoms with van der Waals surface area (Å²) in [6, 6.07) is 6.29. The summed E-state index contributed by atoms with van der Waals surface area (Å²) in [7, 11) is 0. The zero-order chi connectivity index (χ0) is 12.1. The lowest BCUT2D eigenvalue weighted by Gasteiger charge is -2.22. The predicted octanol–water partition coefficient (Wildman–Crippen LogP) is 3.44. The third kappa shape index (κ3) is 2.99. The summed E-state index contributed by atoms with van der Waals surface area (Å²) in [5.41, 5.74) is 8.64. The highest BCUT2D eigenvalue weighted by molar-refractivity contribution is 5.39. The molecule has 0 aliphatic heterocycles. The first-order valence-electron chi connectivity index (χ1n) is 6.09. The fourth-order valence-electron chi connectivity index (χ4n) is 1.78. The van der Waals surface area contributed by atoms with Gasteiger partial charge in [0.1, 0.15) is 5.75 Å². The molecule has 0 heterocycles. The molecule has 2 atom stereocenters. The Hall–Kier alpha value is -1.02. The number of ether oxygens (including phenoxy) is 1. The molecule has 0 saturated heterocycles. The Morgan fingerprint density at radius 2 is 2.00 bits per heavy atom. The maximum atomic E-state index is 6.27. The summed E-state index contributed by atoms with van der Waals surface area (Å²) in [4.78, 5) is 0. The van der Waals surface area contributed by atoms with Crippen LogP contribution in [-0.4, -0.2) is 6.61 Å². The molecule has 0 radical (unpaired) electrons. The lowest BCUT2D eigenvalue weighted by Crippen LogP contribution is -2.19. The van der Waals surface area contributed by atoms with Crippen molar-refractivity contribution < 1.29 is 4.74 Å². The monoisotopic (exact) mass is 221 g/mol. The molecule has 0 aromatic heterocycles. The van der Waals surface area contributed by atoms with Gasteiger partial charge < -0.3 is 10.5 Å². The van der Waals surface area contributed by atoms with Crippen LogP contribution in [-0.2, 0) is 0 Å². The van der Waals surface area contributed by atoms with Gasteiger partial charge in [-0.3, -0.25) is 0 Å². The number of hydrogen-bond acceptors (Lipinski definition) is 2. The summed E-state index contributed by atoms with van der Waals surface area (Å²) in [5.74, 6) is 1.40. The average Bonchev–Trinajstić information content (AvgIpc) is 2.29. The summed E-state index contributed by atoms with van der Waals surface area (Å²) >= 11 is 0. The van der Waals surface area contributed by atoms with Crippen molar-refractivity contribution in [2.24, 2.45) is 11.7 Å². The molecular formula is C14H23NO. The highest BCUT2D eigenvalue weighted by atomic mass is 16.5. The maximum absolute atomic E-state index is 6.27. The normalized spacial score (nSPS) is 14.6. The first kappa shape index (κ1) is 13.0. The van der Waals surface area contributed by atoms with E-state index in [0.717, 1.165) is 17.7 Å². The summed E-state index contributed by atoms with van der Waals surface area (Å²) in [5, 5.41) is 0. The van der Waals surface area contributed by atoms with Gasteiger partial charge in [0, 0.05) is 11.6 Å². The number of nitrogens with two attached hydrogens (primary N) is 1. The molecule has 2 N–H and O–H groups in total. The Kier molecular flexibility index (Phi) is 4.81. The molecule has 0 amide bonds. The van der Waals surface area contributed by atoms with E-state index in [-0.39, 0.29) is 6.04 Å². The minimum Gasteiger partial charge on any atom is -0.494 e. The van der Waals surface area contributed by atoms with E-state index in [4.69, 9.17) is 10.5 Å². The third-order valence-corrected chi connectivity index (χ3v) is 3.08. The Morgan fingerprint density at radius 1 is 1.31 bits per heavy atom. The van der Waals surface area contributed by atoms with E-state index in [1.807, 2.05) is 13.0 Å². The highest BCUT2D eigenvalue weighted by Crippen LogP contribution is 2.30. The minimum atomic E-state index is 0.0615. The van der Waals surface area contributed by atoms with Gasteiger partial charge in [0.25, 0.3) is 0 Å². The maximum Gasteiger partial charge on any atom is 0.124 e. The smallest absolute Gasteiger partial charge is 0.124 e. The number of benzene rings is 1. The fourth-order valence-corrected chi connectivity index (χ4v) is 1.78. The fraction of sp³-hybridized carbons (Fsp3) is 0.571. The topological polar surface area (TPSA) is 35.2 Å². The Balaban J connectivity index is 3.03. The molecule has 1 aromatic carbocycles. The molecule has 90 valence electrons. The van der Waals surface area contributed by atoms with Crippen molar-refractivity contribution in [1.82, 2.24) is 0 Å². The van der Waals surface area contributed by atoms with Crippen LogP contribution >= 0.6 is 0 Å². The van der Waals surface area contributed by atoms with Crippen LogP contribution < -0.4 is 10.5 Å². The van der Waals surface area contributed by atoms with Gasteiger partial charge in [-0.05, 0) is 25.8 Å². The lowest BCUT2D eigenvalue weighted by molar-refractivity contribution is 0.328.